The number of carboxylic acid groups (broad SMARTS) is 1. The van der Waals surface area contributed by atoms with Crippen molar-refractivity contribution in [3.05, 3.63) is 29.8 Å². The fraction of sp³-hybridized carbons (Fsp3) is 0.740. The summed E-state index contributed by atoms with van der Waals surface area (Å²) in [6.07, 6.45) is 3.00. The highest BCUT2D eigenvalue weighted by atomic mass is 16.6. The molecule has 67 heavy (non-hydrogen) atoms. The van der Waals surface area contributed by atoms with Gasteiger partial charge in [-0.2, -0.15) is 0 Å². The Kier molecular flexibility index (Phi) is 21.9. The van der Waals surface area contributed by atoms with E-state index in [2.05, 4.69) is 5.32 Å². The number of hydrogen-bond acceptors (Lipinski definition) is 15. The normalized spacial score (nSPS) is 16.6. The number of anilines is 1. The van der Waals surface area contributed by atoms with Crippen molar-refractivity contribution in [1.29, 1.82) is 0 Å². The van der Waals surface area contributed by atoms with Crippen LogP contribution in [0.2, 0.25) is 0 Å². The molecule has 3 atom stereocenters. The zero-order chi connectivity index (χ0) is 51.1. The van der Waals surface area contributed by atoms with Crippen molar-refractivity contribution in [2.45, 2.75) is 201 Å². The van der Waals surface area contributed by atoms with Crippen molar-refractivity contribution in [1.82, 2.24) is 14.7 Å². The number of ether oxygens (including phenoxy) is 5. The van der Waals surface area contributed by atoms with Crippen molar-refractivity contribution in [3.8, 4) is 0 Å². The van der Waals surface area contributed by atoms with Crippen LogP contribution in [0.1, 0.15) is 154 Å². The maximum absolute atomic E-state index is 14.0. The van der Waals surface area contributed by atoms with E-state index in [4.69, 9.17) is 28.8 Å². The first kappa shape index (κ1) is 58.5. The highest BCUT2D eigenvalue weighted by Crippen LogP contribution is 2.30. The minimum atomic E-state index is -0.985. The first-order valence-electron chi connectivity index (χ1n) is 23.5. The zero-order valence-electron chi connectivity index (χ0n) is 43.1. The third-order valence-electron chi connectivity index (χ3n) is 9.86. The molecule has 0 bridgehead atoms. The van der Waals surface area contributed by atoms with E-state index in [0.717, 1.165) is 18.4 Å². The molecule has 17 nitrogen and oxygen atoms in total. The summed E-state index contributed by atoms with van der Waals surface area (Å²) >= 11 is 0. The molecule has 17 heteroatoms. The molecule has 0 radical (unpaired) electrons. The highest BCUT2D eigenvalue weighted by molar-refractivity contribution is 5.90. The minimum Gasteiger partial charge on any atom is -0.481 e. The number of carboxylic acids is 1. The molecule has 1 aromatic carbocycles. The smallest absolute Gasteiger partial charge is 0.320 e. The Morgan fingerprint density at radius 2 is 0.910 bits per heavy atom. The average Bonchev–Trinajstić information content (AvgIpc) is 3.10. The first-order chi connectivity index (χ1) is 30.6. The lowest BCUT2D eigenvalue weighted by molar-refractivity contribution is -0.164. The highest BCUT2D eigenvalue weighted by Gasteiger charge is 2.40. The summed E-state index contributed by atoms with van der Waals surface area (Å²) in [4.78, 5) is 97.7. The molecule has 2 rings (SSSR count). The van der Waals surface area contributed by atoms with Crippen molar-refractivity contribution >= 4 is 47.4 Å². The van der Waals surface area contributed by atoms with Crippen LogP contribution >= 0.6 is 0 Å². The Hall–Kier alpha value is -4.61. The molecular weight excluding hydrogens is 865 g/mol. The summed E-state index contributed by atoms with van der Waals surface area (Å²) in [7, 11) is 0. The molecule has 0 spiro atoms. The van der Waals surface area contributed by atoms with Gasteiger partial charge in [-0.25, -0.2) is 0 Å². The number of nitrogens with zero attached hydrogens (tertiary/aromatic N) is 3. The quantitative estimate of drug-likeness (QED) is 0.0914. The predicted molar refractivity (Wildman–Crippen MR) is 254 cm³/mol. The van der Waals surface area contributed by atoms with Crippen LogP contribution in [0.5, 0.6) is 0 Å². The lowest BCUT2D eigenvalue weighted by atomic mass is 9.87. The SMILES string of the molecule is CC(C)(C)OC(=O)CN(CC(=O)OC(C)(C)C)[C@H](Cc1ccc(NC(=O)CCCC(=O)O)cc1)CN(CC(=O)OC(C)(C)C)[C@H]1CCCC[C@@H]1N(CC(=O)OC(C)(C)C)CC(=O)OC(C)(C)C. The number of rotatable bonds is 22. The van der Waals surface area contributed by atoms with Gasteiger partial charge >= 0.3 is 35.8 Å². The van der Waals surface area contributed by atoms with Gasteiger partial charge < -0.3 is 34.1 Å². The van der Waals surface area contributed by atoms with Crippen molar-refractivity contribution < 1.29 is 62.4 Å². The summed E-state index contributed by atoms with van der Waals surface area (Å²) in [6.45, 7) is 25.2. The van der Waals surface area contributed by atoms with E-state index in [-0.39, 0.29) is 70.9 Å². The second-order valence-electron chi connectivity index (χ2n) is 22.4. The van der Waals surface area contributed by atoms with Gasteiger partial charge in [0, 0.05) is 43.2 Å². The Labute approximate surface area is 399 Å². The van der Waals surface area contributed by atoms with E-state index in [0.29, 0.717) is 18.5 Å². The van der Waals surface area contributed by atoms with Crippen LogP contribution in [0.3, 0.4) is 0 Å². The summed E-state index contributed by atoms with van der Waals surface area (Å²) < 4.78 is 29.0. The number of amides is 1. The van der Waals surface area contributed by atoms with E-state index in [1.807, 2.05) is 17.0 Å². The number of carbonyl (C=O) groups excluding carboxylic acids is 6. The molecule has 1 fully saturated rings. The topological polar surface area (TPSA) is 208 Å². The largest absolute Gasteiger partial charge is 0.481 e. The van der Waals surface area contributed by atoms with E-state index >= 15 is 0 Å². The molecular formula is C50H82N4O13. The predicted octanol–water partition coefficient (Wildman–Crippen LogP) is 6.72. The van der Waals surface area contributed by atoms with Gasteiger partial charge in [0.2, 0.25) is 5.91 Å². The number of esters is 5. The standard InChI is InChI=1S/C50H82N4O13/c1-46(2,3)63-41(58)29-52(30-42(59)64-47(4,5)6)36(27-34-23-25-35(26-24-34)51-39(55)21-18-22-40(56)57)28-53(31-43(60)65-48(7,8)9)37-19-16-17-20-38(37)54(32-44(61)66-49(10,11)12)33-45(62)67-50(13,14)15/h23-26,36-38H,16-22,27-33H2,1-15H3,(H,51,55)(H,56,57)/t36-,37+,38+/m1/s1. The summed E-state index contributed by atoms with van der Waals surface area (Å²) in [5.74, 6) is -4.07. The van der Waals surface area contributed by atoms with E-state index in [1.54, 1.807) is 126 Å². The molecule has 0 aliphatic heterocycles. The Morgan fingerprint density at radius 3 is 1.28 bits per heavy atom. The average molecular weight is 947 g/mol. The lowest BCUT2D eigenvalue weighted by Crippen LogP contribution is -2.60. The molecule has 0 heterocycles. The van der Waals surface area contributed by atoms with Gasteiger partial charge in [-0.15, -0.1) is 0 Å². The van der Waals surface area contributed by atoms with E-state index in [1.165, 1.54) is 0 Å². The van der Waals surface area contributed by atoms with E-state index < -0.39 is 81.9 Å². The first-order valence-corrected chi connectivity index (χ1v) is 23.5. The molecule has 0 unspecified atom stereocenters. The lowest BCUT2D eigenvalue weighted by Gasteiger charge is -2.46. The van der Waals surface area contributed by atoms with Crippen LogP contribution < -0.4 is 5.32 Å². The number of aliphatic carboxylic acids is 1. The third-order valence-corrected chi connectivity index (χ3v) is 9.86. The molecule has 0 aromatic heterocycles. The third kappa shape index (κ3) is 25.9. The van der Waals surface area contributed by atoms with Crippen molar-refractivity contribution in [2.75, 3.05) is 44.6 Å². The number of benzene rings is 1. The molecule has 1 saturated carbocycles. The molecule has 1 aliphatic carbocycles. The van der Waals surface area contributed by atoms with Crippen LogP contribution in [0.4, 0.5) is 5.69 Å². The van der Waals surface area contributed by atoms with Crippen molar-refractivity contribution in [3.63, 3.8) is 0 Å². The molecule has 1 aromatic rings. The molecule has 380 valence electrons. The number of nitrogens with one attached hydrogen (secondary N) is 1. The second kappa shape index (κ2) is 25.1. The Morgan fingerprint density at radius 1 is 0.552 bits per heavy atom. The molecule has 1 aliphatic rings. The van der Waals surface area contributed by atoms with Crippen molar-refractivity contribution in [2.24, 2.45) is 0 Å². The summed E-state index contributed by atoms with van der Waals surface area (Å²) in [5, 5.41) is 11.8. The maximum Gasteiger partial charge on any atom is 0.320 e. The summed E-state index contributed by atoms with van der Waals surface area (Å²) in [6, 6.07) is 5.47. The number of hydrogen-bond donors (Lipinski definition) is 2. The molecule has 2 N–H and O–H groups in total. The second-order valence-corrected chi connectivity index (χ2v) is 22.4. The zero-order valence-corrected chi connectivity index (χ0v) is 43.1. The van der Waals surface area contributed by atoms with Gasteiger partial charge in [0.1, 0.15) is 28.0 Å². The van der Waals surface area contributed by atoms with Crippen LogP contribution in [0.25, 0.3) is 0 Å². The number of carbonyl (C=O) groups is 7. The van der Waals surface area contributed by atoms with Gasteiger partial charge in [0.25, 0.3) is 0 Å². The van der Waals surface area contributed by atoms with E-state index in [9.17, 15) is 33.6 Å². The Balaban J connectivity index is 2.83. The maximum atomic E-state index is 14.0. The molecule has 0 saturated heterocycles. The molecule has 1 amide bonds. The van der Waals surface area contributed by atoms with Crippen LogP contribution in [0.15, 0.2) is 24.3 Å². The van der Waals surface area contributed by atoms with Crippen LogP contribution in [-0.4, -0.2) is 147 Å². The van der Waals surface area contributed by atoms with Crippen LogP contribution in [0, 0.1) is 0 Å². The monoisotopic (exact) mass is 947 g/mol. The minimum absolute atomic E-state index is 0.0308. The Bertz CT molecular complexity index is 1750. The van der Waals surface area contributed by atoms with Gasteiger partial charge in [-0.05, 0) is 147 Å². The fourth-order valence-corrected chi connectivity index (χ4v) is 7.76. The van der Waals surface area contributed by atoms with Crippen LogP contribution in [-0.2, 0) is 63.7 Å². The van der Waals surface area contributed by atoms with Gasteiger partial charge in [-0.1, -0.05) is 25.0 Å². The van der Waals surface area contributed by atoms with Gasteiger partial charge in [-0.3, -0.25) is 48.3 Å². The van der Waals surface area contributed by atoms with Gasteiger partial charge in [0.15, 0.2) is 0 Å². The van der Waals surface area contributed by atoms with Gasteiger partial charge in [0.05, 0.1) is 32.7 Å². The summed E-state index contributed by atoms with van der Waals surface area (Å²) in [5.41, 5.74) is -2.86. The fourth-order valence-electron chi connectivity index (χ4n) is 7.76.